The molecule has 0 radical (unpaired) electrons. The molecule has 0 N–H and O–H groups in total. The minimum atomic E-state index is 0.707. The first-order chi connectivity index (χ1) is 32.5. The number of hydrogen-bond acceptors (Lipinski definition) is 5. The van der Waals surface area contributed by atoms with Crippen molar-refractivity contribution in [2.75, 3.05) is 31.3 Å². The Balaban J connectivity index is 1.09. The monoisotopic (exact) mass is 989 g/mol. The summed E-state index contributed by atoms with van der Waals surface area (Å²) in [6.45, 7) is 11.6. The molecule has 9 rings (SSSR count). The Labute approximate surface area is 403 Å². The highest BCUT2D eigenvalue weighted by molar-refractivity contribution is 14.1. The van der Waals surface area contributed by atoms with Crippen LogP contribution in [-0.2, 0) is 0 Å². The number of halogens is 1. The largest absolute Gasteiger partial charge is 0.494 e. The lowest BCUT2D eigenvalue weighted by molar-refractivity contribution is 0.309. The maximum atomic E-state index is 6.21. The molecule has 0 bridgehead atoms. The van der Waals surface area contributed by atoms with E-state index in [2.05, 4.69) is 210 Å². The van der Waals surface area contributed by atoms with E-state index in [9.17, 15) is 0 Å². The van der Waals surface area contributed by atoms with Gasteiger partial charge in [0.1, 0.15) is 23.0 Å². The summed E-state index contributed by atoms with van der Waals surface area (Å²) >= 11 is 2.38. The Morgan fingerprint density at radius 1 is 0.364 bits per heavy atom. The highest BCUT2D eigenvalue weighted by Gasteiger charge is 2.19. The van der Waals surface area contributed by atoms with Crippen LogP contribution in [0.25, 0.3) is 55.0 Å². The third kappa shape index (κ3) is 9.57. The van der Waals surface area contributed by atoms with Crippen LogP contribution in [0.3, 0.4) is 0 Å². The van der Waals surface area contributed by atoms with Gasteiger partial charge in [-0.05, 0) is 194 Å². The number of rotatable bonds is 21. The van der Waals surface area contributed by atoms with Crippen molar-refractivity contribution < 1.29 is 18.9 Å². The lowest BCUT2D eigenvalue weighted by Crippen LogP contribution is -2.10. The van der Waals surface area contributed by atoms with Gasteiger partial charge in [0.05, 0.1) is 48.5 Å². The Hall–Kier alpha value is -6.13. The molecule has 0 atom stereocenters. The molecule has 0 aliphatic heterocycles. The molecule has 7 nitrogen and oxygen atoms in total. The molecule has 0 amide bonds. The van der Waals surface area contributed by atoms with Crippen molar-refractivity contribution in [3.63, 3.8) is 0 Å². The van der Waals surface area contributed by atoms with E-state index in [0.29, 0.717) is 26.4 Å². The molecule has 9 aromatic rings. The minimum absolute atomic E-state index is 0.707. The van der Waals surface area contributed by atoms with Gasteiger partial charge in [0.15, 0.2) is 0 Å². The van der Waals surface area contributed by atoms with Crippen molar-refractivity contribution >= 4 is 83.3 Å². The fourth-order valence-corrected chi connectivity index (χ4v) is 9.11. The average Bonchev–Trinajstić information content (AvgIpc) is 3.84. The lowest BCUT2D eigenvalue weighted by atomic mass is 10.1. The predicted molar refractivity (Wildman–Crippen MR) is 284 cm³/mol. The van der Waals surface area contributed by atoms with Crippen molar-refractivity contribution in [2.45, 2.75) is 79.1 Å². The van der Waals surface area contributed by atoms with Gasteiger partial charge >= 0.3 is 0 Å². The van der Waals surface area contributed by atoms with E-state index in [-0.39, 0.29) is 0 Å². The zero-order chi connectivity index (χ0) is 45.4. The third-order valence-corrected chi connectivity index (χ3v) is 13.0. The van der Waals surface area contributed by atoms with Crippen molar-refractivity contribution in [3.8, 4) is 34.4 Å². The summed E-state index contributed by atoms with van der Waals surface area (Å²) < 4.78 is 30.7. The second kappa shape index (κ2) is 21.0. The second-order valence-electron chi connectivity index (χ2n) is 17.0. The van der Waals surface area contributed by atoms with Gasteiger partial charge < -0.3 is 33.0 Å². The average molecular weight is 990 g/mol. The van der Waals surface area contributed by atoms with Crippen molar-refractivity contribution in [1.82, 2.24) is 9.13 Å². The van der Waals surface area contributed by atoms with E-state index < -0.39 is 0 Å². The molecule has 66 heavy (non-hydrogen) atoms. The van der Waals surface area contributed by atoms with E-state index in [4.69, 9.17) is 18.9 Å². The van der Waals surface area contributed by atoms with Gasteiger partial charge in [0, 0.05) is 53.6 Å². The van der Waals surface area contributed by atoms with E-state index in [0.717, 1.165) is 146 Å². The standard InChI is InChI=1S/C58H60IN3O4/c1-5-9-33-63-47-25-29-55-51(37-47)52-38-48(64-34-10-6-2)26-30-56(52)61(55)45-21-17-43(18-22-45)60(42-15-13-41(59)14-16-42)44-19-23-46(24-20-44)62-57-31-27-49(65-35-11-7-3)39-53(57)54-40-50(28-32-58(54)62)66-36-12-8-4/h13-32,37-40H,5-12,33-36H2,1-4H3. The number of unbranched alkanes of at least 4 members (excludes halogenated alkanes) is 4. The molecule has 0 aliphatic rings. The van der Waals surface area contributed by atoms with Crippen LogP contribution in [0.5, 0.6) is 23.0 Å². The molecule has 0 saturated carbocycles. The number of nitrogens with zero attached hydrogens (tertiary/aromatic N) is 3. The van der Waals surface area contributed by atoms with Gasteiger partial charge in [-0.3, -0.25) is 0 Å². The molecule has 7 aromatic carbocycles. The Morgan fingerprint density at radius 3 is 0.909 bits per heavy atom. The van der Waals surface area contributed by atoms with Crippen LogP contribution in [0.1, 0.15) is 79.1 Å². The normalized spacial score (nSPS) is 11.5. The van der Waals surface area contributed by atoms with E-state index in [1.54, 1.807) is 0 Å². The zero-order valence-electron chi connectivity index (χ0n) is 38.7. The molecular weight excluding hydrogens is 930 g/mol. The Morgan fingerprint density at radius 2 is 0.636 bits per heavy atom. The lowest BCUT2D eigenvalue weighted by Gasteiger charge is -2.26. The van der Waals surface area contributed by atoms with Crippen LogP contribution in [0.2, 0.25) is 0 Å². The number of benzene rings is 7. The summed E-state index contributed by atoms with van der Waals surface area (Å²) in [5.74, 6) is 3.57. The SMILES string of the molecule is CCCCOc1ccc2c(c1)c1cc(OCCCC)ccc1n2-c1ccc(N(c2ccc(I)cc2)c2ccc(-n3c4ccc(OCCCC)cc4c4cc(OCCCC)ccc43)cc2)cc1. The molecule has 2 heterocycles. The van der Waals surface area contributed by atoms with Gasteiger partial charge in [0.2, 0.25) is 0 Å². The van der Waals surface area contributed by atoms with Crippen LogP contribution >= 0.6 is 22.6 Å². The molecule has 0 unspecified atom stereocenters. The highest BCUT2D eigenvalue weighted by atomic mass is 127. The molecule has 0 aliphatic carbocycles. The van der Waals surface area contributed by atoms with E-state index in [1.807, 2.05) is 0 Å². The van der Waals surface area contributed by atoms with E-state index in [1.165, 1.54) is 3.57 Å². The fourth-order valence-electron chi connectivity index (χ4n) is 8.75. The maximum absolute atomic E-state index is 6.21. The molecule has 338 valence electrons. The predicted octanol–water partition coefficient (Wildman–Crippen LogP) is 16.7. The summed E-state index contributed by atoms with van der Waals surface area (Å²) in [6, 6.07) is 52.5. The summed E-state index contributed by atoms with van der Waals surface area (Å²) in [7, 11) is 0. The van der Waals surface area contributed by atoms with Gasteiger partial charge in [-0.1, -0.05) is 53.4 Å². The number of hydrogen-bond donors (Lipinski definition) is 0. The topological polar surface area (TPSA) is 50.0 Å². The van der Waals surface area contributed by atoms with Crippen LogP contribution < -0.4 is 23.8 Å². The maximum Gasteiger partial charge on any atom is 0.120 e. The first-order valence-electron chi connectivity index (χ1n) is 23.9. The van der Waals surface area contributed by atoms with Gasteiger partial charge in [-0.2, -0.15) is 0 Å². The molecular formula is C58H60IN3O4. The summed E-state index contributed by atoms with van der Waals surface area (Å²) in [5.41, 5.74) is 9.89. The van der Waals surface area contributed by atoms with Crippen LogP contribution in [0, 0.1) is 3.57 Å². The van der Waals surface area contributed by atoms with Crippen molar-refractivity contribution in [1.29, 1.82) is 0 Å². The first-order valence-corrected chi connectivity index (χ1v) is 25.0. The first kappa shape index (κ1) is 45.0. The number of anilines is 3. The smallest absolute Gasteiger partial charge is 0.120 e. The summed E-state index contributed by atoms with van der Waals surface area (Å²) in [6.07, 6.45) is 8.49. The van der Waals surface area contributed by atoms with E-state index >= 15 is 0 Å². The van der Waals surface area contributed by atoms with Gasteiger partial charge in [0.25, 0.3) is 0 Å². The van der Waals surface area contributed by atoms with Crippen molar-refractivity contribution in [2.24, 2.45) is 0 Å². The van der Waals surface area contributed by atoms with Gasteiger partial charge in [-0.25, -0.2) is 0 Å². The second-order valence-corrected chi connectivity index (χ2v) is 18.3. The van der Waals surface area contributed by atoms with Crippen LogP contribution in [-0.4, -0.2) is 35.6 Å². The third-order valence-electron chi connectivity index (χ3n) is 12.3. The minimum Gasteiger partial charge on any atom is -0.494 e. The summed E-state index contributed by atoms with van der Waals surface area (Å²) in [5, 5.41) is 4.59. The quantitative estimate of drug-likeness (QED) is 0.0530. The summed E-state index contributed by atoms with van der Waals surface area (Å²) in [4.78, 5) is 2.33. The zero-order valence-corrected chi connectivity index (χ0v) is 40.9. The molecule has 2 aromatic heterocycles. The van der Waals surface area contributed by atoms with Crippen LogP contribution in [0.4, 0.5) is 17.1 Å². The highest BCUT2D eigenvalue weighted by Crippen LogP contribution is 2.41. The molecule has 0 saturated heterocycles. The number of ether oxygens (including phenoxy) is 4. The molecule has 0 spiro atoms. The number of fused-ring (bicyclic) bond motifs is 6. The molecule has 8 heteroatoms. The fraction of sp³-hybridized carbons (Fsp3) is 0.276. The number of aromatic nitrogens is 2. The Kier molecular flexibility index (Phi) is 14.3. The van der Waals surface area contributed by atoms with Crippen molar-refractivity contribution in [3.05, 3.63) is 149 Å². The van der Waals surface area contributed by atoms with Crippen LogP contribution in [0.15, 0.2) is 146 Å². The molecule has 0 fully saturated rings. The Bertz CT molecular complexity index is 2720. The van der Waals surface area contributed by atoms with Gasteiger partial charge in [-0.15, -0.1) is 0 Å².